The molecule has 0 N–H and O–H groups in total. The van der Waals surface area contributed by atoms with Crippen LogP contribution in [-0.2, 0) is 0 Å². The lowest BCUT2D eigenvalue weighted by Crippen LogP contribution is -2.22. The van der Waals surface area contributed by atoms with E-state index in [-0.39, 0.29) is 0 Å². The topological polar surface area (TPSA) is 0 Å². The van der Waals surface area contributed by atoms with Gasteiger partial charge in [0.15, 0.2) is 0 Å². The van der Waals surface area contributed by atoms with E-state index in [0.717, 1.165) is 0 Å². The van der Waals surface area contributed by atoms with Crippen LogP contribution in [-0.4, -0.2) is 0 Å². The van der Waals surface area contributed by atoms with Crippen molar-refractivity contribution in [3.05, 3.63) is 35.9 Å². The van der Waals surface area contributed by atoms with Gasteiger partial charge in [0.2, 0.25) is 0 Å². The Hall–Kier alpha value is -1.22. The number of hydrogen-bond donors (Lipinski definition) is 0. The van der Waals surface area contributed by atoms with E-state index in [1.54, 1.807) is 0 Å². The van der Waals surface area contributed by atoms with Crippen LogP contribution in [0.25, 0.3) is 0 Å². The van der Waals surface area contributed by atoms with E-state index >= 15 is 0 Å². The van der Waals surface area contributed by atoms with Crippen molar-refractivity contribution in [2.24, 2.45) is 5.41 Å². The van der Waals surface area contributed by atoms with Gasteiger partial charge in [-0.2, -0.15) is 0 Å². The third-order valence-electron chi connectivity index (χ3n) is 4.07. The Morgan fingerprint density at radius 2 is 1.78 bits per heavy atom. The average molecular weight is 240 g/mol. The van der Waals surface area contributed by atoms with Crippen molar-refractivity contribution in [3.8, 4) is 11.8 Å². The number of unbranched alkanes of at least 4 members (excludes halogenated alkanes) is 1. The molecular weight excluding hydrogens is 216 g/mol. The molecule has 1 fully saturated rings. The van der Waals surface area contributed by atoms with Crippen LogP contribution in [0.5, 0.6) is 0 Å². The maximum Gasteiger partial charge on any atom is 0.0318 e. The smallest absolute Gasteiger partial charge is 0.0318 e. The van der Waals surface area contributed by atoms with Crippen molar-refractivity contribution < 1.29 is 0 Å². The number of rotatable bonds is 3. The van der Waals surface area contributed by atoms with Gasteiger partial charge < -0.3 is 0 Å². The zero-order valence-electron chi connectivity index (χ0n) is 11.5. The molecule has 0 aliphatic heterocycles. The fourth-order valence-electron chi connectivity index (χ4n) is 2.91. The van der Waals surface area contributed by atoms with Crippen LogP contribution in [0.2, 0.25) is 0 Å². The van der Waals surface area contributed by atoms with Crippen LogP contribution in [0.15, 0.2) is 30.3 Å². The van der Waals surface area contributed by atoms with E-state index in [1.807, 2.05) is 0 Å². The zero-order chi connectivity index (χ0) is 12.7. The van der Waals surface area contributed by atoms with Gasteiger partial charge >= 0.3 is 0 Å². The van der Waals surface area contributed by atoms with Crippen LogP contribution >= 0.6 is 0 Å². The summed E-state index contributed by atoms with van der Waals surface area (Å²) < 4.78 is 0. The van der Waals surface area contributed by atoms with Crippen LogP contribution in [0.1, 0.15) is 63.9 Å². The first-order valence-electron chi connectivity index (χ1n) is 7.43. The van der Waals surface area contributed by atoms with Gasteiger partial charge in [-0.15, -0.1) is 0 Å². The van der Waals surface area contributed by atoms with Crippen molar-refractivity contribution >= 4 is 0 Å². The molecule has 0 atom stereocenters. The zero-order valence-corrected chi connectivity index (χ0v) is 11.5. The number of benzene rings is 1. The summed E-state index contributed by atoms with van der Waals surface area (Å²) in [6.45, 7) is 2.28. The molecule has 0 spiro atoms. The summed E-state index contributed by atoms with van der Waals surface area (Å²) in [4.78, 5) is 0. The highest BCUT2D eigenvalue weighted by atomic mass is 14.3. The molecule has 0 heteroatoms. The molecule has 2 rings (SSSR count). The maximum absolute atomic E-state index is 3.64. The molecule has 0 nitrogen and oxygen atoms in total. The summed E-state index contributed by atoms with van der Waals surface area (Å²) in [5.41, 5.74) is 1.49. The van der Waals surface area contributed by atoms with Crippen LogP contribution in [0.4, 0.5) is 0 Å². The first-order chi connectivity index (χ1) is 8.85. The molecule has 1 aliphatic carbocycles. The maximum atomic E-state index is 3.64. The second kappa shape index (κ2) is 6.64. The molecule has 0 bridgehead atoms. The molecule has 0 amide bonds. The van der Waals surface area contributed by atoms with Gasteiger partial charge in [-0.25, -0.2) is 0 Å². The van der Waals surface area contributed by atoms with Gasteiger partial charge in [-0.3, -0.25) is 0 Å². The van der Waals surface area contributed by atoms with E-state index < -0.39 is 0 Å². The largest absolute Gasteiger partial charge is 0.0911 e. The molecule has 1 saturated carbocycles. The molecule has 1 aromatic rings. The Kier molecular flexibility index (Phi) is 4.88. The van der Waals surface area contributed by atoms with Gasteiger partial charge in [-0.1, -0.05) is 69.1 Å². The summed E-state index contributed by atoms with van der Waals surface area (Å²) >= 11 is 0. The summed E-state index contributed by atoms with van der Waals surface area (Å²) in [6.07, 6.45) is 10.7. The molecule has 18 heavy (non-hydrogen) atoms. The Morgan fingerprint density at radius 1 is 1.06 bits per heavy atom. The van der Waals surface area contributed by atoms with E-state index in [4.69, 9.17) is 0 Å². The Labute approximate surface area is 112 Å². The predicted octanol–water partition coefficient (Wildman–Crippen LogP) is 5.18. The lowest BCUT2D eigenvalue weighted by molar-refractivity contribution is 0.246. The first-order valence-corrected chi connectivity index (χ1v) is 7.43. The van der Waals surface area contributed by atoms with Crippen molar-refractivity contribution in [1.29, 1.82) is 0 Å². The van der Waals surface area contributed by atoms with Crippen molar-refractivity contribution in [1.82, 2.24) is 0 Å². The molecule has 0 unspecified atom stereocenters. The van der Waals surface area contributed by atoms with Crippen molar-refractivity contribution in [2.45, 2.75) is 58.3 Å². The quantitative estimate of drug-likeness (QED) is 0.639. The Morgan fingerprint density at radius 3 is 2.44 bits per heavy atom. The molecule has 1 aliphatic rings. The highest BCUT2D eigenvalue weighted by molar-refractivity contribution is 5.35. The third-order valence-corrected chi connectivity index (χ3v) is 4.07. The normalized spacial score (nSPS) is 17.8. The molecule has 0 heterocycles. The minimum Gasteiger partial charge on any atom is -0.0911 e. The molecule has 96 valence electrons. The van der Waals surface area contributed by atoms with Gasteiger partial charge in [0.05, 0.1) is 0 Å². The summed E-state index contributed by atoms with van der Waals surface area (Å²) in [5.74, 6) is 7.05. The van der Waals surface area contributed by atoms with Gasteiger partial charge in [0, 0.05) is 11.0 Å². The first kappa shape index (κ1) is 13.2. The van der Waals surface area contributed by atoms with E-state index in [2.05, 4.69) is 49.1 Å². The highest BCUT2D eigenvalue weighted by Crippen LogP contribution is 2.40. The molecule has 0 saturated heterocycles. The summed E-state index contributed by atoms with van der Waals surface area (Å²) in [5, 5.41) is 0. The van der Waals surface area contributed by atoms with E-state index in [1.165, 1.54) is 56.9 Å². The summed E-state index contributed by atoms with van der Waals surface area (Å²) in [7, 11) is 0. The van der Waals surface area contributed by atoms with Crippen LogP contribution in [0.3, 0.4) is 0 Å². The lowest BCUT2D eigenvalue weighted by atomic mass is 9.71. The highest BCUT2D eigenvalue weighted by Gasteiger charge is 2.29. The number of hydrogen-bond acceptors (Lipinski definition) is 0. The van der Waals surface area contributed by atoms with Crippen LogP contribution in [0, 0.1) is 17.3 Å². The third kappa shape index (κ3) is 3.64. The molecule has 0 aromatic heterocycles. The fraction of sp³-hybridized carbons (Fsp3) is 0.556. The predicted molar refractivity (Wildman–Crippen MR) is 78.4 cm³/mol. The Balaban J connectivity index is 2.12. The SMILES string of the molecule is CCCCC1(C#Cc2ccccc2)CCCCC1. The lowest BCUT2D eigenvalue weighted by Gasteiger charge is -2.32. The fourth-order valence-corrected chi connectivity index (χ4v) is 2.91. The van der Waals surface area contributed by atoms with Crippen LogP contribution < -0.4 is 0 Å². The summed E-state index contributed by atoms with van der Waals surface area (Å²) in [6, 6.07) is 10.4. The van der Waals surface area contributed by atoms with E-state index in [0.29, 0.717) is 5.41 Å². The van der Waals surface area contributed by atoms with Gasteiger partial charge in [-0.05, 0) is 31.4 Å². The monoisotopic (exact) mass is 240 g/mol. The standard InChI is InChI=1S/C18H24/c1-2-3-13-18(14-8-5-9-15-18)16-12-17-10-6-4-7-11-17/h4,6-7,10-11H,2-3,5,8-9,13-15H2,1H3. The Bertz CT molecular complexity index is 399. The average Bonchev–Trinajstić information content (AvgIpc) is 2.45. The minimum atomic E-state index is 0.324. The van der Waals surface area contributed by atoms with Crippen molar-refractivity contribution in [3.63, 3.8) is 0 Å². The second-order valence-corrected chi connectivity index (χ2v) is 5.56. The minimum absolute atomic E-state index is 0.324. The molecule has 1 aromatic carbocycles. The molecular formula is C18H24. The van der Waals surface area contributed by atoms with Gasteiger partial charge in [0.25, 0.3) is 0 Å². The van der Waals surface area contributed by atoms with Gasteiger partial charge in [0.1, 0.15) is 0 Å². The second-order valence-electron chi connectivity index (χ2n) is 5.56. The van der Waals surface area contributed by atoms with E-state index in [9.17, 15) is 0 Å². The molecule has 0 radical (unpaired) electrons. The van der Waals surface area contributed by atoms with Crippen molar-refractivity contribution in [2.75, 3.05) is 0 Å².